The molecule has 4 rings (SSSR count). The van der Waals surface area contributed by atoms with Gasteiger partial charge in [0.1, 0.15) is 5.75 Å². The minimum Gasteiger partial charge on any atom is -0.497 e. The van der Waals surface area contributed by atoms with Crippen molar-refractivity contribution in [3.05, 3.63) is 53.6 Å². The second-order valence-corrected chi connectivity index (χ2v) is 8.56. The first-order chi connectivity index (χ1) is 15.5. The first-order valence-electron chi connectivity index (χ1n) is 11.4. The van der Waals surface area contributed by atoms with Gasteiger partial charge in [-0.2, -0.15) is 0 Å². The van der Waals surface area contributed by atoms with Crippen molar-refractivity contribution in [3.63, 3.8) is 0 Å². The number of carbonyl (C=O) groups excluding carboxylic acids is 2. The first-order valence-corrected chi connectivity index (χ1v) is 11.4. The van der Waals surface area contributed by atoms with Crippen LogP contribution in [0.4, 0.5) is 11.4 Å². The van der Waals surface area contributed by atoms with Gasteiger partial charge in [0.2, 0.25) is 0 Å². The molecule has 2 amide bonds. The summed E-state index contributed by atoms with van der Waals surface area (Å²) in [5, 5.41) is 5.51. The van der Waals surface area contributed by atoms with Gasteiger partial charge >= 0.3 is 11.8 Å². The Bertz CT molecular complexity index is 954. The van der Waals surface area contributed by atoms with Crippen molar-refractivity contribution >= 4 is 23.2 Å². The highest BCUT2D eigenvalue weighted by atomic mass is 16.5. The number of ether oxygens (including phenoxy) is 1. The minimum absolute atomic E-state index is 0.0627. The third-order valence-electron chi connectivity index (χ3n) is 6.43. The van der Waals surface area contributed by atoms with E-state index in [1.165, 1.54) is 16.8 Å². The van der Waals surface area contributed by atoms with Crippen LogP contribution in [-0.4, -0.2) is 57.1 Å². The third-order valence-corrected chi connectivity index (χ3v) is 6.43. The smallest absolute Gasteiger partial charge is 0.313 e. The number of nitrogens with zero attached hydrogens (tertiary/aromatic N) is 2. The highest BCUT2D eigenvalue weighted by Crippen LogP contribution is 2.31. The average Bonchev–Trinajstić information content (AvgIpc) is 3.34. The van der Waals surface area contributed by atoms with Gasteiger partial charge in [-0.15, -0.1) is 0 Å². The molecule has 0 aromatic heterocycles. The maximum atomic E-state index is 12.5. The maximum Gasteiger partial charge on any atom is 0.313 e. The van der Waals surface area contributed by atoms with Gasteiger partial charge < -0.3 is 20.3 Å². The zero-order valence-electron chi connectivity index (χ0n) is 18.9. The predicted molar refractivity (Wildman–Crippen MR) is 126 cm³/mol. The van der Waals surface area contributed by atoms with Crippen molar-refractivity contribution in [3.8, 4) is 5.75 Å². The van der Waals surface area contributed by atoms with Crippen LogP contribution in [0.2, 0.25) is 0 Å². The summed E-state index contributed by atoms with van der Waals surface area (Å²) >= 11 is 0. The summed E-state index contributed by atoms with van der Waals surface area (Å²) in [5.74, 6) is -0.595. The van der Waals surface area contributed by atoms with E-state index in [0.29, 0.717) is 18.0 Å². The summed E-state index contributed by atoms with van der Waals surface area (Å²) in [6, 6.07) is 13.6. The SMILES string of the molecule is COc1ccc(NC(=O)C(=O)NC[C@H](c2ccc3c(c2)CCCN3C)N2CCCC2)cc1. The van der Waals surface area contributed by atoms with Gasteiger partial charge in [-0.25, -0.2) is 0 Å². The van der Waals surface area contributed by atoms with Gasteiger partial charge in [-0.05, 0) is 80.2 Å². The van der Waals surface area contributed by atoms with Crippen LogP contribution in [0, 0.1) is 0 Å². The zero-order chi connectivity index (χ0) is 22.5. The fraction of sp³-hybridized carbons (Fsp3) is 0.440. The lowest BCUT2D eigenvalue weighted by Gasteiger charge is -2.31. The zero-order valence-corrected chi connectivity index (χ0v) is 18.9. The van der Waals surface area contributed by atoms with Crippen LogP contribution in [0.5, 0.6) is 5.75 Å². The van der Waals surface area contributed by atoms with E-state index in [0.717, 1.165) is 45.3 Å². The Morgan fingerprint density at radius 2 is 1.75 bits per heavy atom. The number of hydrogen-bond donors (Lipinski definition) is 2. The lowest BCUT2D eigenvalue weighted by molar-refractivity contribution is -0.136. The van der Waals surface area contributed by atoms with E-state index >= 15 is 0 Å². The summed E-state index contributed by atoms with van der Waals surface area (Å²) in [7, 11) is 3.72. The molecule has 1 atom stereocenters. The van der Waals surface area contributed by atoms with Crippen molar-refractivity contribution in [2.24, 2.45) is 0 Å². The van der Waals surface area contributed by atoms with E-state index in [4.69, 9.17) is 4.74 Å². The number of likely N-dealkylation sites (tertiary alicyclic amines) is 1. The lowest BCUT2D eigenvalue weighted by atomic mass is 9.96. The minimum atomic E-state index is -0.664. The quantitative estimate of drug-likeness (QED) is 0.681. The van der Waals surface area contributed by atoms with Gasteiger partial charge in [0.15, 0.2) is 0 Å². The van der Waals surface area contributed by atoms with Crippen molar-refractivity contribution in [2.75, 3.05) is 50.6 Å². The molecule has 2 aliphatic rings. The molecule has 0 bridgehead atoms. The molecule has 1 saturated heterocycles. The number of aryl methyl sites for hydroxylation is 1. The molecule has 0 radical (unpaired) electrons. The largest absolute Gasteiger partial charge is 0.497 e. The highest BCUT2D eigenvalue weighted by Gasteiger charge is 2.26. The van der Waals surface area contributed by atoms with E-state index in [1.807, 2.05) is 0 Å². The maximum absolute atomic E-state index is 12.5. The number of carbonyl (C=O) groups is 2. The molecule has 0 unspecified atom stereocenters. The van der Waals surface area contributed by atoms with Gasteiger partial charge in [-0.1, -0.05) is 12.1 Å². The van der Waals surface area contributed by atoms with E-state index in [9.17, 15) is 9.59 Å². The van der Waals surface area contributed by atoms with E-state index < -0.39 is 11.8 Å². The number of anilines is 2. The molecule has 7 nitrogen and oxygen atoms in total. The fourth-order valence-corrected chi connectivity index (χ4v) is 4.66. The van der Waals surface area contributed by atoms with Crippen molar-refractivity contribution in [1.82, 2.24) is 10.2 Å². The molecular weight excluding hydrogens is 404 g/mol. The Kier molecular flexibility index (Phi) is 6.95. The van der Waals surface area contributed by atoms with Gasteiger partial charge in [0.25, 0.3) is 0 Å². The fourth-order valence-electron chi connectivity index (χ4n) is 4.66. The van der Waals surface area contributed by atoms with E-state index in [1.54, 1.807) is 31.4 Å². The predicted octanol–water partition coefficient (Wildman–Crippen LogP) is 2.97. The summed E-state index contributed by atoms with van der Waals surface area (Å²) in [6.07, 6.45) is 4.56. The normalized spacial score (nSPS) is 16.9. The van der Waals surface area contributed by atoms with Crippen LogP contribution in [0.1, 0.15) is 36.4 Å². The molecule has 0 aliphatic carbocycles. The topological polar surface area (TPSA) is 73.9 Å². The molecule has 0 spiro atoms. The van der Waals surface area contributed by atoms with Gasteiger partial charge in [0.05, 0.1) is 13.2 Å². The number of amides is 2. The monoisotopic (exact) mass is 436 g/mol. The number of fused-ring (bicyclic) bond motifs is 1. The summed E-state index contributed by atoms with van der Waals surface area (Å²) in [6.45, 7) is 3.51. The summed E-state index contributed by atoms with van der Waals surface area (Å²) < 4.78 is 5.12. The summed E-state index contributed by atoms with van der Waals surface area (Å²) in [4.78, 5) is 29.6. The average molecular weight is 437 g/mol. The lowest BCUT2D eigenvalue weighted by Crippen LogP contribution is -2.41. The van der Waals surface area contributed by atoms with E-state index in [-0.39, 0.29) is 6.04 Å². The number of rotatable bonds is 6. The van der Waals surface area contributed by atoms with Crippen LogP contribution in [0.25, 0.3) is 0 Å². The Morgan fingerprint density at radius 3 is 2.47 bits per heavy atom. The Morgan fingerprint density at radius 1 is 1.00 bits per heavy atom. The standard InChI is InChI=1S/C25H32N4O3/c1-28-13-5-6-18-16-19(7-12-22(18)28)23(29-14-3-4-15-29)17-26-24(30)25(31)27-20-8-10-21(32-2)11-9-20/h7-12,16,23H,3-6,13-15,17H2,1-2H3,(H,26,30)(H,27,31)/t23-/m1/s1. The number of benzene rings is 2. The highest BCUT2D eigenvalue weighted by molar-refractivity contribution is 6.39. The Hall–Kier alpha value is -3.06. The number of nitrogens with one attached hydrogen (secondary N) is 2. The number of methoxy groups -OCH3 is 1. The second-order valence-electron chi connectivity index (χ2n) is 8.56. The molecule has 0 saturated carbocycles. The van der Waals surface area contributed by atoms with Crippen molar-refractivity contribution in [2.45, 2.75) is 31.7 Å². The molecule has 2 N–H and O–H groups in total. The van der Waals surface area contributed by atoms with Crippen LogP contribution < -0.4 is 20.3 Å². The van der Waals surface area contributed by atoms with Crippen molar-refractivity contribution < 1.29 is 14.3 Å². The van der Waals surface area contributed by atoms with Crippen LogP contribution in [0.3, 0.4) is 0 Å². The van der Waals surface area contributed by atoms with Gasteiger partial charge in [0, 0.05) is 31.5 Å². The molecule has 32 heavy (non-hydrogen) atoms. The van der Waals surface area contributed by atoms with E-state index in [2.05, 4.69) is 45.7 Å². The molecule has 2 aromatic carbocycles. The molecule has 2 heterocycles. The van der Waals surface area contributed by atoms with Crippen LogP contribution in [0.15, 0.2) is 42.5 Å². The van der Waals surface area contributed by atoms with Crippen LogP contribution >= 0.6 is 0 Å². The molecule has 2 aliphatic heterocycles. The second kappa shape index (κ2) is 10.0. The molecule has 170 valence electrons. The third kappa shape index (κ3) is 5.05. The number of hydrogen-bond acceptors (Lipinski definition) is 5. The van der Waals surface area contributed by atoms with Crippen molar-refractivity contribution in [1.29, 1.82) is 0 Å². The molecule has 2 aromatic rings. The molecule has 1 fully saturated rings. The Balaban J connectivity index is 1.42. The molecular formula is C25H32N4O3. The summed E-state index contributed by atoms with van der Waals surface area (Å²) in [5.41, 5.74) is 4.42. The van der Waals surface area contributed by atoms with Gasteiger partial charge in [-0.3, -0.25) is 14.5 Å². The first kappa shape index (κ1) is 22.1. The molecule has 7 heteroatoms. The Labute approximate surface area is 189 Å². The van der Waals surface area contributed by atoms with Crippen LogP contribution in [-0.2, 0) is 16.0 Å².